The van der Waals surface area contributed by atoms with E-state index < -0.39 is 0 Å². The van der Waals surface area contributed by atoms with Crippen molar-refractivity contribution in [1.82, 2.24) is 0 Å². The molecule has 0 aliphatic heterocycles. The molecule has 3 heteroatoms. The molecule has 1 radical (unpaired) electrons. The Balaban J connectivity index is 2.45. The first-order chi connectivity index (χ1) is 5.77. The van der Waals surface area contributed by atoms with Gasteiger partial charge in [-0.3, -0.25) is 10.1 Å². The minimum Gasteiger partial charge on any atom is -0.258 e. The van der Waals surface area contributed by atoms with Crippen molar-refractivity contribution in [1.29, 1.82) is 0 Å². The molecule has 0 saturated carbocycles. The molecule has 0 bridgehead atoms. The van der Waals surface area contributed by atoms with Gasteiger partial charge in [0, 0.05) is 12.1 Å². The van der Waals surface area contributed by atoms with Crippen LogP contribution in [0.25, 0.3) is 0 Å². The van der Waals surface area contributed by atoms with Crippen LogP contribution in [-0.4, -0.2) is 4.92 Å². The van der Waals surface area contributed by atoms with E-state index in [1.165, 1.54) is 5.56 Å². The van der Waals surface area contributed by atoms with E-state index >= 15 is 0 Å². The fraction of sp³-hybridized carbons (Fsp3) is 0.222. The first kappa shape index (κ1) is 7.28. The molecule has 3 nitrogen and oxygen atoms in total. The SMILES string of the molecule is O=[N+]([O-])c1ccc2c(c1)C[CH]C2. The fourth-order valence-corrected chi connectivity index (χ4v) is 1.50. The Morgan fingerprint density at radius 3 is 2.75 bits per heavy atom. The van der Waals surface area contributed by atoms with Gasteiger partial charge >= 0.3 is 0 Å². The van der Waals surface area contributed by atoms with Gasteiger partial charge in [-0.25, -0.2) is 0 Å². The molecule has 0 spiro atoms. The standard InChI is InChI=1S/C9H8NO2/c11-10(12)9-5-4-7-2-1-3-8(7)6-9/h1,4-6H,2-3H2. The number of non-ortho nitro benzene ring substituents is 1. The van der Waals surface area contributed by atoms with E-state index in [9.17, 15) is 10.1 Å². The van der Waals surface area contributed by atoms with Crippen molar-refractivity contribution in [2.75, 3.05) is 0 Å². The van der Waals surface area contributed by atoms with E-state index in [0.29, 0.717) is 0 Å². The number of hydrogen-bond donors (Lipinski definition) is 0. The van der Waals surface area contributed by atoms with Crippen LogP contribution in [0.2, 0.25) is 0 Å². The minimum absolute atomic E-state index is 0.198. The maximum absolute atomic E-state index is 10.4. The van der Waals surface area contributed by atoms with Crippen molar-refractivity contribution in [3.63, 3.8) is 0 Å². The minimum atomic E-state index is -0.349. The second-order valence-corrected chi connectivity index (χ2v) is 2.91. The van der Waals surface area contributed by atoms with E-state index in [-0.39, 0.29) is 10.6 Å². The first-order valence-corrected chi connectivity index (χ1v) is 3.85. The molecule has 0 heterocycles. The second-order valence-electron chi connectivity index (χ2n) is 2.91. The Morgan fingerprint density at radius 1 is 1.25 bits per heavy atom. The Labute approximate surface area is 70.2 Å². The Hall–Kier alpha value is -1.38. The van der Waals surface area contributed by atoms with Gasteiger partial charge < -0.3 is 0 Å². The molecule has 2 rings (SSSR count). The van der Waals surface area contributed by atoms with Crippen molar-refractivity contribution in [2.24, 2.45) is 0 Å². The topological polar surface area (TPSA) is 43.1 Å². The first-order valence-electron chi connectivity index (χ1n) is 3.85. The van der Waals surface area contributed by atoms with E-state index in [1.54, 1.807) is 12.1 Å². The van der Waals surface area contributed by atoms with Gasteiger partial charge in [-0.15, -0.1) is 0 Å². The molecule has 1 aliphatic rings. The van der Waals surface area contributed by atoms with E-state index in [1.807, 2.05) is 6.07 Å². The smallest absolute Gasteiger partial charge is 0.258 e. The highest BCUT2D eigenvalue weighted by molar-refractivity contribution is 5.43. The maximum Gasteiger partial charge on any atom is 0.269 e. The summed E-state index contributed by atoms with van der Waals surface area (Å²) < 4.78 is 0. The Kier molecular flexibility index (Phi) is 1.57. The third-order valence-corrected chi connectivity index (χ3v) is 2.13. The van der Waals surface area contributed by atoms with Crippen LogP contribution in [0.15, 0.2) is 18.2 Å². The molecule has 0 N–H and O–H groups in total. The lowest BCUT2D eigenvalue weighted by molar-refractivity contribution is -0.384. The van der Waals surface area contributed by atoms with Gasteiger partial charge in [0.1, 0.15) is 0 Å². The van der Waals surface area contributed by atoms with Crippen molar-refractivity contribution in [3.8, 4) is 0 Å². The quantitative estimate of drug-likeness (QED) is 0.467. The average molecular weight is 162 g/mol. The molecule has 12 heavy (non-hydrogen) atoms. The summed E-state index contributed by atoms with van der Waals surface area (Å²) in [6.07, 6.45) is 3.96. The van der Waals surface area contributed by atoms with Crippen LogP contribution in [0.1, 0.15) is 11.1 Å². The van der Waals surface area contributed by atoms with Crippen LogP contribution < -0.4 is 0 Å². The monoisotopic (exact) mass is 162 g/mol. The van der Waals surface area contributed by atoms with Crippen molar-refractivity contribution < 1.29 is 4.92 Å². The molecule has 1 aliphatic carbocycles. The summed E-state index contributed by atoms with van der Waals surface area (Å²) in [5.41, 5.74) is 2.52. The Bertz CT molecular complexity index is 333. The molecule has 61 valence electrons. The van der Waals surface area contributed by atoms with Crippen molar-refractivity contribution in [2.45, 2.75) is 12.8 Å². The predicted molar refractivity (Wildman–Crippen MR) is 44.8 cm³/mol. The zero-order valence-electron chi connectivity index (χ0n) is 6.49. The van der Waals surface area contributed by atoms with Crippen molar-refractivity contribution in [3.05, 3.63) is 45.9 Å². The van der Waals surface area contributed by atoms with E-state index in [0.717, 1.165) is 18.4 Å². The summed E-state index contributed by atoms with van der Waals surface area (Å²) in [5.74, 6) is 0. The van der Waals surface area contributed by atoms with Crippen LogP contribution in [0.3, 0.4) is 0 Å². The van der Waals surface area contributed by atoms with Crippen molar-refractivity contribution >= 4 is 5.69 Å². The molecule has 1 aromatic carbocycles. The van der Waals surface area contributed by atoms with Crippen LogP contribution >= 0.6 is 0 Å². The molecule has 0 saturated heterocycles. The van der Waals surface area contributed by atoms with Gasteiger partial charge in [0.15, 0.2) is 0 Å². The largest absolute Gasteiger partial charge is 0.269 e. The molecule has 1 aromatic rings. The molecule has 0 atom stereocenters. The van der Waals surface area contributed by atoms with Crippen LogP contribution in [-0.2, 0) is 12.8 Å². The molecular weight excluding hydrogens is 154 g/mol. The Morgan fingerprint density at radius 2 is 2.00 bits per heavy atom. The summed E-state index contributed by atoms with van der Waals surface area (Å²) in [4.78, 5) is 10.0. The number of nitrogens with zero attached hydrogens (tertiary/aromatic N) is 1. The zero-order chi connectivity index (χ0) is 8.55. The van der Waals surface area contributed by atoms with Gasteiger partial charge in [-0.2, -0.15) is 0 Å². The summed E-state index contributed by atoms with van der Waals surface area (Å²) in [6, 6.07) is 5.08. The summed E-state index contributed by atoms with van der Waals surface area (Å²) in [5, 5.41) is 10.4. The number of nitro benzene ring substituents is 1. The third kappa shape index (κ3) is 1.07. The van der Waals surface area contributed by atoms with E-state index in [2.05, 4.69) is 6.42 Å². The van der Waals surface area contributed by atoms with Gasteiger partial charge in [-0.1, -0.05) is 6.07 Å². The predicted octanol–water partition coefficient (Wildman–Crippen LogP) is 1.90. The molecular formula is C9H8NO2. The van der Waals surface area contributed by atoms with Gasteiger partial charge in [0.2, 0.25) is 0 Å². The number of fused-ring (bicyclic) bond motifs is 1. The maximum atomic E-state index is 10.4. The lowest BCUT2D eigenvalue weighted by Crippen LogP contribution is -1.89. The summed E-state index contributed by atoms with van der Waals surface area (Å²) in [6.45, 7) is 0. The van der Waals surface area contributed by atoms with Gasteiger partial charge in [-0.05, 0) is 30.4 Å². The number of hydrogen-bond acceptors (Lipinski definition) is 2. The highest BCUT2D eigenvalue weighted by Gasteiger charge is 2.14. The average Bonchev–Trinajstić information content (AvgIpc) is 2.49. The van der Waals surface area contributed by atoms with Gasteiger partial charge in [0.25, 0.3) is 5.69 Å². The van der Waals surface area contributed by atoms with Crippen LogP contribution in [0, 0.1) is 16.5 Å². The third-order valence-electron chi connectivity index (χ3n) is 2.13. The number of rotatable bonds is 1. The van der Waals surface area contributed by atoms with Gasteiger partial charge in [0.05, 0.1) is 4.92 Å². The summed E-state index contributed by atoms with van der Waals surface area (Å²) >= 11 is 0. The molecule has 0 amide bonds. The second kappa shape index (κ2) is 2.59. The highest BCUT2D eigenvalue weighted by Crippen LogP contribution is 2.24. The lowest BCUT2D eigenvalue weighted by Gasteiger charge is -1.96. The molecule has 0 unspecified atom stereocenters. The highest BCUT2D eigenvalue weighted by atomic mass is 16.6. The summed E-state index contributed by atoms with van der Waals surface area (Å²) in [7, 11) is 0. The van der Waals surface area contributed by atoms with E-state index in [4.69, 9.17) is 0 Å². The molecule has 0 aromatic heterocycles. The lowest BCUT2D eigenvalue weighted by atomic mass is 10.1. The van der Waals surface area contributed by atoms with Crippen LogP contribution in [0.4, 0.5) is 5.69 Å². The normalized spacial score (nSPS) is 14.3. The fourth-order valence-electron chi connectivity index (χ4n) is 1.50. The number of benzene rings is 1. The molecule has 0 fully saturated rings. The number of nitro groups is 1. The van der Waals surface area contributed by atoms with Crippen LogP contribution in [0.5, 0.6) is 0 Å². The zero-order valence-corrected chi connectivity index (χ0v) is 6.49.